The maximum atomic E-state index is 10.2. The van der Waals surface area contributed by atoms with Crippen LogP contribution >= 0.6 is 7.82 Å². The van der Waals surface area contributed by atoms with Gasteiger partial charge in [-0.05, 0) is 0 Å². The van der Waals surface area contributed by atoms with Crippen molar-refractivity contribution in [3.8, 4) is 0 Å². The molecule has 0 bridgehead atoms. The van der Waals surface area contributed by atoms with Gasteiger partial charge in [0.1, 0.15) is 6.04 Å². The number of carboxylic acids is 1. The summed E-state index contributed by atoms with van der Waals surface area (Å²) in [6.07, 6.45) is 0. The minimum absolute atomic E-state index is 0.698. The van der Waals surface area contributed by atoms with Gasteiger partial charge in [-0.15, -0.1) is 0 Å². The third-order valence-electron chi connectivity index (χ3n) is 0.909. The lowest BCUT2D eigenvalue weighted by molar-refractivity contribution is -0.140. The Bertz CT molecular complexity index is 201. The molecular weight excluding hydrogens is 191 g/mol. The van der Waals surface area contributed by atoms with E-state index in [1.807, 2.05) is 0 Å². The Morgan fingerprint density at radius 1 is 1.67 bits per heavy atom. The van der Waals surface area contributed by atoms with Crippen molar-refractivity contribution in [3.63, 3.8) is 0 Å². The number of aliphatic carboxylic acids is 1. The highest BCUT2D eigenvalue weighted by Crippen LogP contribution is 2.35. The van der Waals surface area contributed by atoms with Crippen LogP contribution in [-0.4, -0.2) is 33.5 Å². The second kappa shape index (κ2) is 4.51. The number of phosphoric acid groups is 1. The van der Waals surface area contributed by atoms with Crippen LogP contribution in [-0.2, 0) is 13.9 Å². The number of hydrogen-bond acceptors (Lipinski definition) is 5. The highest BCUT2D eigenvalue weighted by atomic mass is 31.2. The van der Waals surface area contributed by atoms with Crippen LogP contribution in [0.1, 0.15) is 0 Å². The van der Waals surface area contributed by atoms with Crippen molar-refractivity contribution in [2.45, 2.75) is 6.04 Å². The summed E-state index contributed by atoms with van der Waals surface area (Å²) < 4.78 is 14.0. The van der Waals surface area contributed by atoms with Gasteiger partial charge < -0.3 is 14.9 Å². The third kappa shape index (κ3) is 5.19. The summed E-state index contributed by atoms with van der Waals surface area (Å²) >= 11 is 0. The smallest absolute Gasteiger partial charge is 0.469 e. The van der Waals surface area contributed by atoms with Crippen molar-refractivity contribution in [2.75, 3.05) is 6.61 Å². The average molecular weight is 200 g/mol. The third-order valence-corrected chi connectivity index (χ3v) is 1.39. The molecule has 0 aliphatic rings. The molecule has 0 amide bonds. The van der Waals surface area contributed by atoms with Crippen molar-refractivity contribution >= 4 is 13.8 Å². The molecule has 0 radical (unpaired) electrons. The summed E-state index contributed by atoms with van der Waals surface area (Å²) in [6.45, 7) is -0.698. The normalized spacial score (nSPS) is 14.2. The van der Waals surface area contributed by atoms with E-state index < -0.39 is 26.4 Å². The second-order valence-corrected chi connectivity index (χ2v) is 3.08. The molecule has 0 heterocycles. The van der Waals surface area contributed by atoms with Gasteiger partial charge in [0.05, 0.1) is 6.61 Å². The fourth-order valence-electron chi connectivity index (χ4n) is 0.362. The van der Waals surface area contributed by atoms with Crippen molar-refractivity contribution in [1.29, 1.82) is 0 Å². The van der Waals surface area contributed by atoms with E-state index >= 15 is 0 Å². The van der Waals surface area contributed by atoms with Crippen molar-refractivity contribution in [2.24, 2.45) is 5.84 Å². The molecule has 0 rings (SSSR count). The topological polar surface area (TPSA) is 142 Å². The Balaban J connectivity index is 3.90. The molecule has 6 N–H and O–H groups in total. The molecule has 0 saturated heterocycles. The van der Waals surface area contributed by atoms with Gasteiger partial charge in [-0.3, -0.25) is 15.2 Å². The van der Waals surface area contributed by atoms with Gasteiger partial charge >= 0.3 is 13.8 Å². The number of carboxylic acid groups (broad SMARTS) is 1. The van der Waals surface area contributed by atoms with Crippen LogP contribution in [0.3, 0.4) is 0 Å². The number of hydrazine groups is 1. The van der Waals surface area contributed by atoms with Crippen LogP contribution in [0.5, 0.6) is 0 Å². The molecule has 9 heteroatoms. The van der Waals surface area contributed by atoms with Crippen LogP contribution < -0.4 is 11.3 Å². The predicted molar refractivity (Wildman–Crippen MR) is 36.7 cm³/mol. The fourth-order valence-corrected chi connectivity index (χ4v) is 0.706. The summed E-state index contributed by atoms with van der Waals surface area (Å²) in [4.78, 5) is 26.5. The molecule has 0 aliphatic carbocycles. The van der Waals surface area contributed by atoms with Gasteiger partial charge in [0.15, 0.2) is 0 Å². The molecule has 0 aromatic heterocycles. The first-order valence-electron chi connectivity index (χ1n) is 2.76. The van der Waals surface area contributed by atoms with Gasteiger partial charge in [-0.2, -0.15) is 0 Å². The van der Waals surface area contributed by atoms with E-state index in [2.05, 4.69) is 4.52 Å². The van der Waals surface area contributed by atoms with E-state index in [0.29, 0.717) is 0 Å². The predicted octanol–water partition coefficient (Wildman–Crippen LogP) is -1.99. The van der Waals surface area contributed by atoms with Crippen LogP contribution in [0.4, 0.5) is 0 Å². The first-order valence-corrected chi connectivity index (χ1v) is 4.29. The highest BCUT2D eigenvalue weighted by Gasteiger charge is 2.21. The number of nitrogens with one attached hydrogen (secondary N) is 1. The van der Waals surface area contributed by atoms with Crippen LogP contribution in [0.15, 0.2) is 0 Å². The van der Waals surface area contributed by atoms with Crippen molar-refractivity contribution in [3.05, 3.63) is 0 Å². The van der Waals surface area contributed by atoms with E-state index in [0.717, 1.165) is 0 Å². The van der Waals surface area contributed by atoms with Crippen molar-refractivity contribution in [1.82, 2.24) is 5.43 Å². The first-order chi connectivity index (χ1) is 5.37. The zero-order valence-electron chi connectivity index (χ0n) is 5.88. The zero-order chi connectivity index (χ0) is 9.78. The molecule has 0 spiro atoms. The maximum Gasteiger partial charge on any atom is 0.469 e. The molecule has 12 heavy (non-hydrogen) atoms. The van der Waals surface area contributed by atoms with Gasteiger partial charge in [-0.1, -0.05) is 0 Å². The minimum atomic E-state index is -4.63. The quantitative estimate of drug-likeness (QED) is 0.195. The lowest BCUT2D eigenvalue weighted by atomic mass is 10.3. The standard InChI is InChI=1S/C3H9N2O6P/c4-5-2(3(6)7)1-11-12(8,9)10/h2,5H,1,4H2,(H,6,7)(H2,8,9,10)/t2-/m0/s1. The Kier molecular flexibility index (Phi) is 4.32. The Labute approximate surface area is 67.5 Å². The average Bonchev–Trinajstić information content (AvgIpc) is 1.85. The molecule has 0 aromatic rings. The minimum Gasteiger partial charge on any atom is -0.480 e. The van der Waals surface area contributed by atoms with E-state index in [4.69, 9.17) is 20.7 Å². The zero-order valence-corrected chi connectivity index (χ0v) is 6.77. The monoisotopic (exact) mass is 200 g/mol. The van der Waals surface area contributed by atoms with Gasteiger partial charge in [0, 0.05) is 0 Å². The van der Waals surface area contributed by atoms with Crippen LogP contribution in [0, 0.1) is 0 Å². The second-order valence-electron chi connectivity index (χ2n) is 1.84. The summed E-state index contributed by atoms with van der Waals surface area (Å²) in [5, 5.41) is 8.29. The van der Waals surface area contributed by atoms with E-state index in [-0.39, 0.29) is 0 Å². The SMILES string of the molecule is NN[C@@H](COP(=O)(O)O)C(=O)O. The van der Waals surface area contributed by atoms with E-state index in [1.54, 1.807) is 5.43 Å². The molecule has 0 aliphatic heterocycles. The van der Waals surface area contributed by atoms with Crippen LogP contribution in [0.25, 0.3) is 0 Å². The van der Waals surface area contributed by atoms with E-state index in [1.165, 1.54) is 0 Å². The number of nitrogens with two attached hydrogens (primary N) is 1. The highest BCUT2D eigenvalue weighted by molar-refractivity contribution is 7.46. The van der Waals surface area contributed by atoms with Crippen LogP contribution in [0.2, 0.25) is 0 Å². The van der Waals surface area contributed by atoms with Crippen molar-refractivity contribution < 1.29 is 28.8 Å². The van der Waals surface area contributed by atoms with Gasteiger partial charge in [-0.25, -0.2) is 9.99 Å². The largest absolute Gasteiger partial charge is 0.480 e. The summed E-state index contributed by atoms with van der Waals surface area (Å²) in [6, 6.07) is -1.34. The Morgan fingerprint density at radius 3 is 2.42 bits per heavy atom. The molecule has 0 fully saturated rings. The first kappa shape index (κ1) is 11.5. The fraction of sp³-hybridized carbons (Fsp3) is 0.667. The Hall–Kier alpha value is -0.500. The molecule has 1 atom stereocenters. The lowest BCUT2D eigenvalue weighted by Gasteiger charge is -2.11. The summed E-state index contributed by atoms with van der Waals surface area (Å²) in [5.41, 5.74) is 1.81. The Morgan fingerprint density at radius 2 is 2.17 bits per heavy atom. The van der Waals surface area contributed by atoms with Gasteiger partial charge in [0.25, 0.3) is 0 Å². The summed E-state index contributed by atoms with van der Waals surface area (Å²) in [7, 11) is -4.63. The van der Waals surface area contributed by atoms with E-state index in [9.17, 15) is 9.36 Å². The molecule has 0 aromatic carbocycles. The number of hydrogen-bond donors (Lipinski definition) is 5. The number of rotatable bonds is 5. The lowest BCUT2D eigenvalue weighted by Crippen LogP contribution is -2.44. The maximum absolute atomic E-state index is 10.2. The number of carbonyl (C=O) groups is 1. The molecule has 8 nitrogen and oxygen atoms in total. The molecule has 0 saturated carbocycles. The summed E-state index contributed by atoms with van der Waals surface area (Å²) in [5.74, 6) is 3.38. The molecule has 0 unspecified atom stereocenters. The molecule has 72 valence electrons. The number of phosphoric ester groups is 1. The molecular formula is C3H9N2O6P. The van der Waals surface area contributed by atoms with Gasteiger partial charge in [0.2, 0.25) is 0 Å².